The van der Waals surface area contributed by atoms with E-state index in [1.54, 1.807) is 6.20 Å². The fourth-order valence-electron chi connectivity index (χ4n) is 1.80. The van der Waals surface area contributed by atoms with E-state index in [9.17, 15) is 0 Å². The predicted molar refractivity (Wildman–Crippen MR) is 84.9 cm³/mol. The quantitative estimate of drug-likeness (QED) is 0.835. The molecule has 112 valence electrons. The van der Waals surface area contributed by atoms with Crippen LogP contribution in [0.1, 0.15) is 5.56 Å². The molecule has 19 heavy (non-hydrogen) atoms. The van der Waals surface area contributed by atoms with Crippen LogP contribution in [-0.4, -0.2) is 49.3 Å². The highest BCUT2D eigenvalue weighted by atomic mass is 35.5. The first-order valence-electron chi connectivity index (χ1n) is 5.85. The van der Waals surface area contributed by atoms with Crippen molar-refractivity contribution < 1.29 is 4.74 Å². The molecule has 0 saturated carbocycles. The molecular weight excluding hydrogens is 309 g/mol. The van der Waals surface area contributed by atoms with Gasteiger partial charge in [-0.25, -0.2) is 0 Å². The van der Waals surface area contributed by atoms with Crippen LogP contribution in [0.15, 0.2) is 24.5 Å². The van der Waals surface area contributed by atoms with E-state index in [2.05, 4.69) is 21.3 Å². The maximum Gasteiger partial charge on any atom is 0.0594 e. The molecule has 2 rings (SSSR count). The molecule has 1 N–H and O–H groups in total. The molecule has 0 unspecified atom stereocenters. The van der Waals surface area contributed by atoms with E-state index in [4.69, 9.17) is 4.74 Å². The lowest BCUT2D eigenvalue weighted by atomic mass is 10.3. The largest absolute Gasteiger partial charge is 0.379 e. The van der Waals surface area contributed by atoms with Gasteiger partial charge in [0.05, 0.1) is 13.2 Å². The normalized spacial score (nSPS) is 14.7. The number of ether oxygens (including phenoxy) is 1. The lowest BCUT2D eigenvalue weighted by molar-refractivity contribution is 0.0384. The Morgan fingerprint density at radius 2 is 1.95 bits per heavy atom. The molecular formula is C12H22Cl3N3O. The third-order valence-electron chi connectivity index (χ3n) is 2.76. The number of hydrogen-bond acceptors (Lipinski definition) is 4. The zero-order chi connectivity index (χ0) is 11.1. The molecule has 0 spiro atoms. The molecule has 1 fully saturated rings. The van der Waals surface area contributed by atoms with Gasteiger partial charge in [0.1, 0.15) is 0 Å². The first-order valence-corrected chi connectivity index (χ1v) is 5.85. The second-order valence-corrected chi connectivity index (χ2v) is 3.99. The van der Waals surface area contributed by atoms with Crippen molar-refractivity contribution in [1.29, 1.82) is 0 Å². The zero-order valence-electron chi connectivity index (χ0n) is 10.8. The highest BCUT2D eigenvalue weighted by molar-refractivity contribution is 5.86. The molecule has 1 saturated heterocycles. The average molecular weight is 331 g/mol. The van der Waals surface area contributed by atoms with Gasteiger partial charge in [-0.2, -0.15) is 0 Å². The Morgan fingerprint density at radius 3 is 2.58 bits per heavy atom. The second kappa shape index (κ2) is 12.9. The molecule has 0 amide bonds. The van der Waals surface area contributed by atoms with Gasteiger partial charge in [0.15, 0.2) is 0 Å². The van der Waals surface area contributed by atoms with E-state index in [1.807, 2.05) is 12.3 Å². The summed E-state index contributed by atoms with van der Waals surface area (Å²) in [7, 11) is 0. The lowest BCUT2D eigenvalue weighted by Gasteiger charge is -2.26. The number of halogens is 3. The fraction of sp³-hybridized carbons (Fsp3) is 0.583. The summed E-state index contributed by atoms with van der Waals surface area (Å²) in [4.78, 5) is 6.52. The highest BCUT2D eigenvalue weighted by Crippen LogP contribution is 1.96. The van der Waals surface area contributed by atoms with Crippen molar-refractivity contribution >= 4 is 37.2 Å². The van der Waals surface area contributed by atoms with Gasteiger partial charge in [0.2, 0.25) is 0 Å². The van der Waals surface area contributed by atoms with Gasteiger partial charge in [-0.3, -0.25) is 9.88 Å². The smallest absolute Gasteiger partial charge is 0.0594 e. The van der Waals surface area contributed by atoms with E-state index < -0.39 is 0 Å². The first-order chi connectivity index (χ1) is 7.95. The molecule has 0 bridgehead atoms. The van der Waals surface area contributed by atoms with Crippen LogP contribution >= 0.6 is 37.2 Å². The van der Waals surface area contributed by atoms with Crippen LogP contribution in [0.25, 0.3) is 0 Å². The van der Waals surface area contributed by atoms with Gasteiger partial charge >= 0.3 is 0 Å². The second-order valence-electron chi connectivity index (χ2n) is 3.99. The molecule has 0 radical (unpaired) electrons. The summed E-state index contributed by atoms with van der Waals surface area (Å²) in [5.41, 5.74) is 1.24. The Kier molecular flexibility index (Phi) is 14.4. The van der Waals surface area contributed by atoms with E-state index in [0.717, 1.165) is 45.9 Å². The molecule has 1 aromatic rings. The number of nitrogens with one attached hydrogen (secondary N) is 1. The molecule has 2 heterocycles. The Balaban J connectivity index is 0. The van der Waals surface area contributed by atoms with Gasteiger partial charge in [-0.1, -0.05) is 6.07 Å². The highest BCUT2D eigenvalue weighted by Gasteiger charge is 2.08. The van der Waals surface area contributed by atoms with Gasteiger partial charge in [0, 0.05) is 45.1 Å². The Morgan fingerprint density at radius 1 is 1.21 bits per heavy atom. The monoisotopic (exact) mass is 329 g/mol. The molecule has 7 heteroatoms. The standard InChI is InChI=1S/C12H19N3O.3ClH/c1-2-12(10-13-3-1)11-14-4-5-15-6-8-16-9-7-15;;;/h1-3,10,14H,4-9,11H2;3*1H. The van der Waals surface area contributed by atoms with Gasteiger partial charge < -0.3 is 10.1 Å². The maximum atomic E-state index is 5.30. The van der Waals surface area contributed by atoms with Gasteiger partial charge in [-0.05, 0) is 11.6 Å². The van der Waals surface area contributed by atoms with Crippen LogP contribution in [0.2, 0.25) is 0 Å². The Labute approximate surface area is 133 Å². The number of hydrogen-bond donors (Lipinski definition) is 1. The van der Waals surface area contributed by atoms with Crippen LogP contribution in [0.4, 0.5) is 0 Å². The van der Waals surface area contributed by atoms with E-state index in [0.29, 0.717) is 0 Å². The predicted octanol–water partition coefficient (Wildman–Crippen LogP) is 1.77. The molecule has 1 aliphatic heterocycles. The minimum Gasteiger partial charge on any atom is -0.379 e. The zero-order valence-corrected chi connectivity index (χ0v) is 13.2. The molecule has 4 nitrogen and oxygen atoms in total. The van der Waals surface area contributed by atoms with Crippen LogP contribution < -0.4 is 5.32 Å². The van der Waals surface area contributed by atoms with Crippen molar-refractivity contribution in [2.24, 2.45) is 0 Å². The number of rotatable bonds is 5. The molecule has 1 aliphatic rings. The lowest BCUT2D eigenvalue weighted by Crippen LogP contribution is -2.40. The molecule has 0 aliphatic carbocycles. The minimum absolute atomic E-state index is 0. The molecule has 1 aromatic heterocycles. The average Bonchev–Trinajstić information content (AvgIpc) is 2.37. The summed E-state index contributed by atoms with van der Waals surface area (Å²) in [6, 6.07) is 4.06. The van der Waals surface area contributed by atoms with Crippen LogP contribution in [-0.2, 0) is 11.3 Å². The summed E-state index contributed by atoms with van der Waals surface area (Å²) in [6.07, 6.45) is 3.71. The van der Waals surface area contributed by atoms with Crippen molar-refractivity contribution in [3.63, 3.8) is 0 Å². The van der Waals surface area contributed by atoms with Crippen molar-refractivity contribution in [2.75, 3.05) is 39.4 Å². The summed E-state index contributed by atoms with van der Waals surface area (Å²) in [5, 5.41) is 3.43. The maximum absolute atomic E-state index is 5.30. The summed E-state index contributed by atoms with van der Waals surface area (Å²) >= 11 is 0. The third kappa shape index (κ3) is 8.63. The van der Waals surface area contributed by atoms with E-state index >= 15 is 0 Å². The van der Waals surface area contributed by atoms with Crippen LogP contribution in [0, 0.1) is 0 Å². The van der Waals surface area contributed by atoms with Crippen molar-refractivity contribution in [1.82, 2.24) is 15.2 Å². The third-order valence-corrected chi connectivity index (χ3v) is 2.76. The SMILES string of the molecule is Cl.Cl.Cl.c1cncc(CNCCN2CCOCC2)c1. The summed E-state index contributed by atoms with van der Waals surface area (Å²) in [5.74, 6) is 0. The van der Waals surface area contributed by atoms with Crippen LogP contribution in [0.3, 0.4) is 0 Å². The van der Waals surface area contributed by atoms with Crippen LogP contribution in [0.5, 0.6) is 0 Å². The van der Waals surface area contributed by atoms with E-state index in [1.165, 1.54) is 5.56 Å². The Bertz CT molecular complexity index is 298. The molecule has 0 atom stereocenters. The number of aromatic nitrogens is 1. The Hall–Kier alpha value is -0.100. The number of morpholine rings is 1. The number of pyridine rings is 1. The van der Waals surface area contributed by atoms with E-state index in [-0.39, 0.29) is 37.2 Å². The fourth-order valence-corrected chi connectivity index (χ4v) is 1.80. The van der Waals surface area contributed by atoms with Crippen molar-refractivity contribution in [2.45, 2.75) is 6.54 Å². The first kappa shape index (κ1) is 21.2. The van der Waals surface area contributed by atoms with Gasteiger partial charge in [-0.15, -0.1) is 37.2 Å². The van der Waals surface area contributed by atoms with Gasteiger partial charge in [0.25, 0.3) is 0 Å². The summed E-state index contributed by atoms with van der Waals surface area (Å²) in [6.45, 7) is 6.91. The van der Waals surface area contributed by atoms with Crippen molar-refractivity contribution in [3.05, 3.63) is 30.1 Å². The topological polar surface area (TPSA) is 37.4 Å². The summed E-state index contributed by atoms with van der Waals surface area (Å²) < 4.78 is 5.30. The number of nitrogens with zero attached hydrogens (tertiary/aromatic N) is 2. The molecule has 0 aromatic carbocycles. The van der Waals surface area contributed by atoms with Crippen molar-refractivity contribution in [3.8, 4) is 0 Å². The minimum atomic E-state index is 0.